The normalized spacial score (nSPS) is 16.3. The molecule has 3 aliphatic rings. The second kappa shape index (κ2) is 12.0. The lowest BCUT2D eigenvalue weighted by Gasteiger charge is -2.25. The summed E-state index contributed by atoms with van der Waals surface area (Å²) >= 11 is 1.16. The first kappa shape index (κ1) is 27.3. The molecule has 12 heteroatoms. The molecule has 214 valence electrons. The van der Waals surface area contributed by atoms with Gasteiger partial charge in [0.05, 0.1) is 18.6 Å². The highest BCUT2D eigenvalue weighted by molar-refractivity contribution is 8.14. The fourth-order valence-corrected chi connectivity index (χ4v) is 5.50. The Morgan fingerprint density at radius 3 is 2.69 bits per heavy atom. The topological polar surface area (TPSA) is 131 Å². The van der Waals surface area contributed by atoms with Crippen LogP contribution < -0.4 is 24.8 Å². The number of thioether (sulfide) groups is 1. The first-order chi connectivity index (χ1) is 20.5. The van der Waals surface area contributed by atoms with Crippen molar-refractivity contribution in [1.82, 2.24) is 10.2 Å². The third-order valence-electron chi connectivity index (χ3n) is 6.83. The van der Waals surface area contributed by atoms with E-state index in [0.717, 1.165) is 22.9 Å². The SMILES string of the molecule is COc1ccc(NC(=O)CSC2=Nc3ccccc3C3=N[C@H](CCC(=O)NCc4ccc5c(c4)OCO5)C(=O)N23)cc1. The van der Waals surface area contributed by atoms with Gasteiger partial charge >= 0.3 is 0 Å². The van der Waals surface area contributed by atoms with E-state index >= 15 is 0 Å². The zero-order valence-corrected chi connectivity index (χ0v) is 23.5. The molecule has 0 aromatic heterocycles. The number of carbonyl (C=O) groups is 3. The highest BCUT2D eigenvalue weighted by atomic mass is 32.2. The third-order valence-corrected chi connectivity index (χ3v) is 7.76. The van der Waals surface area contributed by atoms with Crippen molar-refractivity contribution in [1.29, 1.82) is 0 Å². The Kier molecular flexibility index (Phi) is 7.78. The molecular formula is C30H27N5O6S. The number of ether oxygens (including phenoxy) is 3. The van der Waals surface area contributed by atoms with E-state index in [9.17, 15) is 14.4 Å². The molecule has 11 nitrogen and oxygen atoms in total. The Bertz CT molecular complexity index is 1610. The van der Waals surface area contributed by atoms with Crippen LogP contribution in [0, 0.1) is 0 Å². The lowest BCUT2D eigenvalue weighted by Crippen LogP contribution is -2.41. The van der Waals surface area contributed by atoms with Gasteiger partial charge in [-0.05, 0) is 60.5 Å². The largest absolute Gasteiger partial charge is 0.497 e. The van der Waals surface area contributed by atoms with E-state index < -0.39 is 6.04 Å². The number of hydrogen-bond acceptors (Lipinski definition) is 9. The zero-order valence-electron chi connectivity index (χ0n) is 22.7. The molecule has 3 aliphatic heterocycles. The van der Waals surface area contributed by atoms with Gasteiger partial charge in [0.15, 0.2) is 16.7 Å². The average Bonchev–Trinajstić information content (AvgIpc) is 3.62. The van der Waals surface area contributed by atoms with Gasteiger partial charge in [0.2, 0.25) is 18.6 Å². The predicted octanol–water partition coefficient (Wildman–Crippen LogP) is 3.85. The van der Waals surface area contributed by atoms with Gasteiger partial charge in [-0.2, -0.15) is 0 Å². The van der Waals surface area contributed by atoms with Crippen LogP contribution in [0.4, 0.5) is 11.4 Å². The minimum absolute atomic E-state index is 0.0387. The van der Waals surface area contributed by atoms with Gasteiger partial charge in [-0.25, -0.2) is 9.89 Å². The van der Waals surface area contributed by atoms with Gasteiger partial charge in [-0.15, -0.1) is 0 Å². The van der Waals surface area contributed by atoms with Crippen molar-refractivity contribution in [2.24, 2.45) is 9.98 Å². The van der Waals surface area contributed by atoms with Gasteiger partial charge in [-0.1, -0.05) is 30.0 Å². The summed E-state index contributed by atoms with van der Waals surface area (Å²) in [4.78, 5) is 49.6. The maximum absolute atomic E-state index is 13.5. The van der Waals surface area contributed by atoms with Gasteiger partial charge in [-0.3, -0.25) is 19.4 Å². The number of anilines is 1. The van der Waals surface area contributed by atoms with Crippen LogP contribution in [0.25, 0.3) is 0 Å². The number of benzene rings is 3. The van der Waals surface area contributed by atoms with Crippen LogP contribution in [-0.2, 0) is 20.9 Å². The Labute approximate surface area is 246 Å². The van der Waals surface area contributed by atoms with E-state index in [0.29, 0.717) is 46.2 Å². The van der Waals surface area contributed by atoms with Crippen molar-refractivity contribution in [3.63, 3.8) is 0 Å². The van der Waals surface area contributed by atoms with E-state index in [4.69, 9.17) is 19.2 Å². The molecule has 0 aliphatic carbocycles. The summed E-state index contributed by atoms with van der Waals surface area (Å²) in [6.45, 7) is 0.514. The minimum Gasteiger partial charge on any atom is -0.497 e. The smallest absolute Gasteiger partial charge is 0.259 e. The van der Waals surface area contributed by atoms with E-state index in [1.807, 2.05) is 42.5 Å². The fourth-order valence-electron chi connectivity index (χ4n) is 4.70. The quantitative estimate of drug-likeness (QED) is 0.390. The number of nitrogens with one attached hydrogen (secondary N) is 2. The van der Waals surface area contributed by atoms with E-state index in [1.165, 1.54) is 4.90 Å². The number of fused-ring (bicyclic) bond motifs is 4. The van der Waals surface area contributed by atoms with Gasteiger partial charge in [0.1, 0.15) is 17.6 Å². The van der Waals surface area contributed by atoms with Crippen LogP contribution in [0.5, 0.6) is 17.2 Å². The van der Waals surface area contributed by atoms with Crippen molar-refractivity contribution >= 4 is 51.9 Å². The lowest BCUT2D eigenvalue weighted by atomic mass is 10.1. The number of para-hydroxylation sites is 1. The van der Waals surface area contributed by atoms with Crippen LogP contribution in [0.15, 0.2) is 76.7 Å². The van der Waals surface area contributed by atoms with Crippen molar-refractivity contribution in [3.05, 3.63) is 77.9 Å². The van der Waals surface area contributed by atoms with Crippen LogP contribution in [0.3, 0.4) is 0 Å². The average molecular weight is 586 g/mol. The molecule has 2 N–H and O–H groups in total. The molecular weight excluding hydrogens is 558 g/mol. The molecule has 0 saturated carbocycles. The molecule has 0 unspecified atom stereocenters. The fraction of sp³-hybridized carbons (Fsp3) is 0.233. The summed E-state index contributed by atoms with van der Waals surface area (Å²) < 4.78 is 15.9. The molecule has 0 radical (unpaired) electrons. The number of amides is 3. The van der Waals surface area contributed by atoms with Crippen LogP contribution in [0.1, 0.15) is 24.0 Å². The van der Waals surface area contributed by atoms with Crippen LogP contribution in [-0.4, -0.2) is 59.3 Å². The number of methoxy groups -OCH3 is 1. The predicted molar refractivity (Wildman–Crippen MR) is 158 cm³/mol. The van der Waals surface area contributed by atoms with Crippen molar-refractivity contribution < 1.29 is 28.6 Å². The molecule has 3 amide bonds. The summed E-state index contributed by atoms with van der Waals surface area (Å²) in [5.41, 5.74) is 2.91. The Morgan fingerprint density at radius 1 is 1.05 bits per heavy atom. The molecule has 0 spiro atoms. The first-order valence-corrected chi connectivity index (χ1v) is 14.3. The molecule has 3 aromatic carbocycles. The zero-order chi connectivity index (χ0) is 29.1. The number of rotatable bonds is 9. The molecule has 0 saturated heterocycles. The number of carbonyl (C=O) groups excluding carboxylic acids is 3. The second-order valence-electron chi connectivity index (χ2n) is 9.62. The summed E-state index contributed by atoms with van der Waals surface area (Å²) in [6, 6.07) is 19.2. The minimum atomic E-state index is -0.735. The van der Waals surface area contributed by atoms with E-state index in [1.54, 1.807) is 31.4 Å². The van der Waals surface area contributed by atoms with Gasteiger partial charge in [0, 0.05) is 24.2 Å². The third kappa shape index (κ3) is 5.79. The Balaban J connectivity index is 1.08. The molecule has 0 bridgehead atoms. The monoisotopic (exact) mass is 585 g/mol. The summed E-state index contributed by atoms with van der Waals surface area (Å²) in [5.74, 6) is 1.84. The summed E-state index contributed by atoms with van der Waals surface area (Å²) in [6.07, 6.45) is 0.362. The molecule has 3 heterocycles. The Hall–Kier alpha value is -4.84. The molecule has 6 rings (SSSR count). The van der Waals surface area contributed by atoms with E-state index in [2.05, 4.69) is 15.6 Å². The maximum Gasteiger partial charge on any atom is 0.259 e. The number of amidine groups is 2. The maximum atomic E-state index is 13.5. The molecule has 1 atom stereocenters. The number of aliphatic imine (C=N–C) groups is 2. The summed E-state index contributed by atoms with van der Waals surface area (Å²) in [5, 5.41) is 6.10. The van der Waals surface area contributed by atoms with Crippen molar-refractivity contribution in [2.45, 2.75) is 25.4 Å². The Morgan fingerprint density at radius 2 is 1.86 bits per heavy atom. The highest BCUT2D eigenvalue weighted by Gasteiger charge is 2.41. The summed E-state index contributed by atoms with van der Waals surface area (Å²) in [7, 11) is 1.58. The van der Waals surface area contributed by atoms with E-state index in [-0.39, 0.29) is 43.1 Å². The van der Waals surface area contributed by atoms with Gasteiger partial charge < -0.3 is 24.8 Å². The van der Waals surface area contributed by atoms with Gasteiger partial charge in [0.25, 0.3) is 5.91 Å². The second-order valence-corrected chi connectivity index (χ2v) is 10.6. The van der Waals surface area contributed by atoms with Crippen LogP contribution in [0.2, 0.25) is 0 Å². The standard InChI is InChI=1S/C30H27N5O6S/c1-39-20-9-7-19(8-10-20)32-27(37)16-42-30-34-22-5-3-2-4-21(22)28-33-23(29(38)35(28)30)11-13-26(36)31-15-18-6-12-24-25(14-18)41-17-40-24/h2-10,12,14,23H,11,13,15-17H2,1H3,(H,31,36)(H,32,37)/t23-/m1/s1. The number of hydrogen-bond donors (Lipinski definition) is 2. The van der Waals surface area contributed by atoms with Crippen molar-refractivity contribution in [3.8, 4) is 17.2 Å². The molecule has 0 fully saturated rings. The lowest BCUT2D eigenvalue weighted by molar-refractivity contribution is -0.125. The highest BCUT2D eigenvalue weighted by Crippen LogP contribution is 2.35. The van der Waals surface area contributed by atoms with Crippen LogP contribution >= 0.6 is 11.8 Å². The number of nitrogens with zero attached hydrogens (tertiary/aromatic N) is 3. The molecule has 42 heavy (non-hydrogen) atoms. The van der Waals surface area contributed by atoms with Crippen molar-refractivity contribution in [2.75, 3.05) is 25.0 Å². The molecule has 3 aromatic rings. The first-order valence-electron chi connectivity index (χ1n) is 13.3.